The van der Waals surface area contributed by atoms with Crippen LogP contribution in [0.3, 0.4) is 0 Å². The molecule has 0 radical (unpaired) electrons. The average molecular weight is 445 g/mol. The Balaban J connectivity index is 1.52. The molecule has 1 saturated heterocycles. The smallest absolute Gasteiger partial charge is 0.338 e. The van der Waals surface area contributed by atoms with Crippen molar-refractivity contribution in [3.05, 3.63) is 59.1 Å². The predicted molar refractivity (Wildman–Crippen MR) is 114 cm³/mol. The fourth-order valence-electron chi connectivity index (χ4n) is 3.09. The highest BCUT2D eigenvalue weighted by Gasteiger charge is 2.36. The van der Waals surface area contributed by atoms with Crippen LogP contribution in [0.5, 0.6) is 0 Å². The van der Waals surface area contributed by atoms with Gasteiger partial charge in [-0.2, -0.15) is 0 Å². The minimum Gasteiger partial charge on any atom is -0.462 e. The lowest BCUT2D eigenvalue weighted by atomic mass is 10.1. The highest BCUT2D eigenvalue weighted by atomic mass is 35.5. The summed E-state index contributed by atoms with van der Waals surface area (Å²) >= 11 is 5.79. The Kier molecular flexibility index (Phi) is 7.25. The van der Waals surface area contributed by atoms with E-state index in [0.717, 1.165) is 0 Å². The van der Waals surface area contributed by atoms with Crippen LogP contribution in [0.25, 0.3) is 0 Å². The molecular weight excluding hydrogens is 424 g/mol. The summed E-state index contributed by atoms with van der Waals surface area (Å²) in [6.07, 6.45) is -0.0166. The minimum absolute atomic E-state index is 0.0166. The summed E-state index contributed by atoms with van der Waals surface area (Å²) in [6.45, 7) is 1.66. The molecule has 0 bridgehead atoms. The number of carbonyl (C=O) groups excluding carboxylic acids is 4. The summed E-state index contributed by atoms with van der Waals surface area (Å²) in [4.78, 5) is 49.8. The van der Waals surface area contributed by atoms with Crippen LogP contribution in [-0.4, -0.2) is 43.5 Å². The zero-order chi connectivity index (χ0) is 22.4. The van der Waals surface area contributed by atoms with Crippen LogP contribution < -0.4 is 10.2 Å². The molecule has 1 heterocycles. The van der Waals surface area contributed by atoms with Crippen molar-refractivity contribution in [2.45, 2.75) is 13.3 Å². The summed E-state index contributed by atoms with van der Waals surface area (Å²) in [6, 6.07) is 12.9. The normalized spacial score (nSPS) is 15.5. The van der Waals surface area contributed by atoms with Gasteiger partial charge < -0.3 is 19.7 Å². The molecule has 9 heteroatoms. The van der Waals surface area contributed by atoms with Gasteiger partial charge in [-0.25, -0.2) is 4.79 Å². The van der Waals surface area contributed by atoms with E-state index in [1.807, 2.05) is 0 Å². The highest BCUT2D eigenvalue weighted by molar-refractivity contribution is 6.30. The summed E-state index contributed by atoms with van der Waals surface area (Å²) < 4.78 is 10.0. The minimum atomic E-state index is -0.680. The van der Waals surface area contributed by atoms with Gasteiger partial charge in [0, 0.05) is 29.4 Å². The van der Waals surface area contributed by atoms with Crippen molar-refractivity contribution < 1.29 is 28.7 Å². The molecule has 0 unspecified atom stereocenters. The largest absolute Gasteiger partial charge is 0.462 e. The van der Waals surface area contributed by atoms with Crippen molar-refractivity contribution in [1.82, 2.24) is 0 Å². The van der Waals surface area contributed by atoms with Gasteiger partial charge in [-0.1, -0.05) is 11.6 Å². The fourth-order valence-corrected chi connectivity index (χ4v) is 3.22. The number of rotatable bonds is 7. The molecule has 1 aliphatic rings. The second-order valence-electron chi connectivity index (χ2n) is 6.84. The van der Waals surface area contributed by atoms with Gasteiger partial charge in [0.15, 0.2) is 6.61 Å². The lowest BCUT2D eigenvalue weighted by Gasteiger charge is -2.17. The molecule has 2 aromatic carbocycles. The van der Waals surface area contributed by atoms with Gasteiger partial charge in [-0.05, 0) is 55.5 Å². The Morgan fingerprint density at radius 2 is 1.74 bits per heavy atom. The number of nitrogens with zero attached hydrogens (tertiary/aromatic N) is 1. The Morgan fingerprint density at radius 3 is 2.39 bits per heavy atom. The molecule has 1 fully saturated rings. The molecule has 0 aliphatic carbocycles. The van der Waals surface area contributed by atoms with Crippen molar-refractivity contribution in [3.63, 3.8) is 0 Å². The molecule has 8 nitrogen and oxygen atoms in total. The number of ether oxygens (including phenoxy) is 2. The van der Waals surface area contributed by atoms with Crippen molar-refractivity contribution in [3.8, 4) is 0 Å². The van der Waals surface area contributed by atoms with Crippen molar-refractivity contribution in [1.29, 1.82) is 0 Å². The number of halogens is 1. The lowest BCUT2D eigenvalue weighted by Crippen LogP contribution is -2.28. The van der Waals surface area contributed by atoms with Gasteiger partial charge in [0.05, 0.1) is 18.1 Å². The third-order valence-corrected chi connectivity index (χ3v) is 4.87. The first-order chi connectivity index (χ1) is 14.9. The molecule has 0 saturated carbocycles. The first-order valence-electron chi connectivity index (χ1n) is 9.67. The Morgan fingerprint density at radius 1 is 1.06 bits per heavy atom. The molecule has 0 aromatic heterocycles. The SMILES string of the molecule is CCOC(=O)c1ccc(N2C[C@H](C(=O)OCC(=O)Nc3ccc(Cl)cc3)CC2=O)cc1. The number of carbonyl (C=O) groups is 4. The molecular formula is C22H21ClN2O6. The van der Waals surface area contributed by atoms with Crippen LogP contribution in [0.15, 0.2) is 48.5 Å². The highest BCUT2D eigenvalue weighted by Crippen LogP contribution is 2.26. The number of hydrogen-bond donors (Lipinski definition) is 1. The Hall–Kier alpha value is -3.39. The quantitative estimate of drug-likeness (QED) is 0.658. The zero-order valence-corrected chi connectivity index (χ0v) is 17.6. The van der Waals surface area contributed by atoms with Gasteiger partial charge in [-0.15, -0.1) is 0 Å². The maximum atomic E-state index is 12.4. The maximum Gasteiger partial charge on any atom is 0.338 e. The number of anilines is 2. The van der Waals surface area contributed by atoms with Gasteiger partial charge in [0.2, 0.25) is 5.91 Å². The van der Waals surface area contributed by atoms with Crippen LogP contribution in [-0.2, 0) is 23.9 Å². The Bertz CT molecular complexity index is 975. The van der Waals surface area contributed by atoms with Crippen molar-refractivity contribution in [2.24, 2.45) is 5.92 Å². The Labute approximate surface area is 184 Å². The van der Waals surface area contributed by atoms with Crippen molar-refractivity contribution >= 4 is 46.7 Å². The topological polar surface area (TPSA) is 102 Å². The van der Waals surface area contributed by atoms with E-state index in [2.05, 4.69) is 5.32 Å². The van der Waals surface area contributed by atoms with E-state index in [0.29, 0.717) is 22.0 Å². The van der Waals surface area contributed by atoms with E-state index in [4.69, 9.17) is 21.1 Å². The molecule has 31 heavy (non-hydrogen) atoms. The molecule has 0 spiro atoms. The van der Waals surface area contributed by atoms with Gasteiger partial charge in [0.25, 0.3) is 5.91 Å². The van der Waals surface area contributed by atoms with Crippen LogP contribution >= 0.6 is 11.6 Å². The van der Waals surface area contributed by atoms with Crippen molar-refractivity contribution in [2.75, 3.05) is 30.0 Å². The van der Waals surface area contributed by atoms with E-state index >= 15 is 0 Å². The number of esters is 2. The predicted octanol–water partition coefficient (Wildman–Crippen LogP) is 3.05. The first-order valence-corrected chi connectivity index (χ1v) is 10.0. The van der Waals surface area contributed by atoms with Gasteiger partial charge >= 0.3 is 11.9 Å². The van der Waals surface area contributed by atoms with E-state index in [-0.39, 0.29) is 25.5 Å². The standard InChI is InChI=1S/C22H21ClN2O6/c1-2-30-21(28)14-3-9-18(10-4-14)25-12-15(11-20(25)27)22(29)31-13-19(26)24-17-7-5-16(23)6-8-17/h3-10,15H,2,11-13H2,1H3,(H,24,26)/t15-/m1/s1. The average Bonchev–Trinajstić information content (AvgIpc) is 3.15. The van der Waals surface area contributed by atoms with Gasteiger partial charge in [-0.3, -0.25) is 14.4 Å². The van der Waals surface area contributed by atoms with E-state index in [9.17, 15) is 19.2 Å². The van der Waals surface area contributed by atoms with Crippen LogP contribution in [0.4, 0.5) is 11.4 Å². The molecule has 1 N–H and O–H groups in total. The fraction of sp³-hybridized carbons (Fsp3) is 0.273. The monoisotopic (exact) mass is 444 g/mol. The van der Waals surface area contributed by atoms with Crippen LogP contribution in [0.1, 0.15) is 23.7 Å². The summed E-state index contributed by atoms with van der Waals surface area (Å²) in [7, 11) is 0. The summed E-state index contributed by atoms with van der Waals surface area (Å²) in [5.41, 5.74) is 1.47. The molecule has 3 rings (SSSR count). The zero-order valence-electron chi connectivity index (χ0n) is 16.8. The third kappa shape index (κ3) is 5.82. The number of amides is 2. The molecule has 1 aliphatic heterocycles. The van der Waals surface area contributed by atoms with Crippen LogP contribution in [0, 0.1) is 5.92 Å². The molecule has 162 valence electrons. The first kappa shape index (κ1) is 22.3. The summed E-state index contributed by atoms with van der Waals surface area (Å²) in [5, 5.41) is 3.13. The second kappa shape index (κ2) is 10.1. The van der Waals surface area contributed by atoms with Gasteiger partial charge in [0.1, 0.15) is 0 Å². The number of hydrogen-bond acceptors (Lipinski definition) is 6. The molecule has 1 atom stereocenters. The van der Waals surface area contributed by atoms with E-state index < -0.39 is 30.4 Å². The maximum absolute atomic E-state index is 12.4. The third-order valence-electron chi connectivity index (χ3n) is 4.62. The number of nitrogens with one attached hydrogen (secondary N) is 1. The lowest BCUT2D eigenvalue weighted by molar-refractivity contribution is -0.151. The molecule has 2 amide bonds. The number of benzene rings is 2. The second-order valence-corrected chi connectivity index (χ2v) is 7.27. The van der Waals surface area contributed by atoms with E-state index in [1.165, 1.54) is 4.90 Å². The molecule has 2 aromatic rings. The van der Waals surface area contributed by atoms with Crippen LogP contribution in [0.2, 0.25) is 5.02 Å². The summed E-state index contributed by atoms with van der Waals surface area (Å²) in [5.74, 6) is -2.48. The van der Waals surface area contributed by atoms with E-state index in [1.54, 1.807) is 55.5 Å².